The highest BCUT2D eigenvalue weighted by atomic mass is 16.5. The number of amides is 1. The zero-order valence-electron chi connectivity index (χ0n) is 12.6. The van der Waals surface area contributed by atoms with Crippen molar-refractivity contribution < 1.29 is 14.3 Å². The largest absolute Gasteiger partial charge is 0.378 e. The summed E-state index contributed by atoms with van der Waals surface area (Å²) < 4.78 is 11.4. The first kappa shape index (κ1) is 15.7. The van der Waals surface area contributed by atoms with Crippen LogP contribution in [0.4, 0.5) is 0 Å². The van der Waals surface area contributed by atoms with Gasteiger partial charge in [0.1, 0.15) is 0 Å². The maximum absolute atomic E-state index is 12.0. The van der Waals surface area contributed by atoms with Gasteiger partial charge in [-0.15, -0.1) is 0 Å². The van der Waals surface area contributed by atoms with E-state index in [1.807, 2.05) is 7.05 Å². The van der Waals surface area contributed by atoms with E-state index in [4.69, 9.17) is 9.47 Å². The number of ether oxygens (including phenoxy) is 2. The van der Waals surface area contributed by atoms with Gasteiger partial charge in [0.2, 0.25) is 5.91 Å². The first-order valence-electron chi connectivity index (χ1n) is 7.93. The Morgan fingerprint density at radius 2 is 2.10 bits per heavy atom. The molecular weight excluding hydrogens is 256 g/mol. The van der Waals surface area contributed by atoms with Gasteiger partial charge >= 0.3 is 0 Å². The van der Waals surface area contributed by atoms with Crippen molar-refractivity contribution in [2.24, 2.45) is 0 Å². The molecule has 2 aliphatic heterocycles. The predicted molar refractivity (Wildman–Crippen MR) is 77.7 cm³/mol. The van der Waals surface area contributed by atoms with E-state index in [9.17, 15) is 4.79 Å². The Labute approximate surface area is 122 Å². The third-order valence-corrected chi connectivity index (χ3v) is 4.13. The highest BCUT2D eigenvalue weighted by Gasteiger charge is 2.19. The van der Waals surface area contributed by atoms with Crippen LogP contribution in [-0.4, -0.2) is 62.9 Å². The summed E-state index contributed by atoms with van der Waals surface area (Å²) in [6, 6.07) is 0. The van der Waals surface area contributed by atoms with E-state index in [2.05, 4.69) is 5.32 Å². The predicted octanol–water partition coefficient (Wildman–Crippen LogP) is 1.17. The van der Waals surface area contributed by atoms with Crippen LogP contribution in [0.15, 0.2) is 0 Å². The highest BCUT2D eigenvalue weighted by Crippen LogP contribution is 2.14. The van der Waals surface area contributed by atoms with Crippen molar-refractivity contribution >= 4 is 5.91 Å². The molecule has 5 nitrogen and oxygen atoms in total. The standard InChI is InChI=1S/C15H28N2O3/c1-17(12-14-4-2-3-10-19-14)15(18)7-11-20-13-5-8-16-9-6-13/h13-14,16H,2-12H2,1H3. The zero-order valence-corrected chi connectivity index (χ0v) is 12.6. The van der Waals surface area contributed by atoms with Crippen LogP contribution in [0.2, 0.25) is 0 Å². The van der Waals surface area contributed by atoms with Crippen LogP contribution in [0, 0.1) is 0 Å². The highest BCUT2D eigenvalue weighted by molar-refractivity contribution is 5.75. The smallest absolute Gasteiger partial charge is 0.224 e. The lowest BCUT2D eigenvalue weighted by Crippen LogP contribution is -2.38. The lowest BCUT2D eigenvalue weighted by atomic mass is 10.1. The minimum Gasteiger partial charge on any atom is -0.378 e. The van der Waals surface area contributed by atoms with E-state index in [0.29, 0.717) is 25.7 Å². The molecule has 0 aromatic heterocycles. The lowest BCUT2D eigenvalue weighted by Gasteiger charge is -2.28. The van der Waals surface area contributed by atoms with Gasteiger partial charge < -0.3 is 19.7 Å². The summed E-state index contributed by atoms with van der Waals surface area (Å²) in [6.07, 6.45) is 6.58. The average molecular weight is 284 g/mol. The fourth-order valence-electron chi connectivity index (χ4n) is 2.82. The molecule has 2 heterocycles. The molecule has 1 atom stereocenters. The molecule has 2 rings (SSSR count). The van der Waals surface area contributed by atoms with Crippen LogP contribution >= 0.6 is 0 Å². The minimum absolute atomic E-state index is 0.160. The topological polar surface area (TPSA) is 50.8 Å². The molecule has 20 heavy (non-hydrogen) atoms. The van der Waals surface area contributed by atoms with Crippen LogP contribution in [0.1, 0.15) is 38.5 Å². The monoisotopic (exact) mass is 284 g/mol. The normalized spacial score (nSPS) is 24.6. The van der Waals surface area contributed by atoms with Crippen molar-refractivity contribution in [3.8, 4) is 0 Å². The van der Waals surface area contributed by atoms with Gasteiger partial charge in [-0.1, -0.05) is 0 Å². The second-order valence-electron chi connectivity index (χ2n) is 5.83. The number of nitrogens with one attached hydrogen (secondary N) is 1. The number of carbonyl (C=O) groups is 1. The molecule has 0 aliphatic carbocycles. The van der Waals surface area contributed by atoms with Crippen molar-refractivity contribution in [3.63, 3.8) is 0 Å². The molecule has 0 aromatic rings. The van der Waals surface area contributed by atoms with Gasteiger partial charge in [-0.3, -0.25) is 4.79 Å². The minimum atomic E-state index is 0.160. The molecule has 2 saturated heterocycles. The SMILES string of the molecule is CN(CC1CCCCO1)C(=O)CCOC1CCNCC1. The van der Waals surface area contributed by atoms with Crippen LogP contribution in [-0.2, 0) is 14.3 Å². The summed E-state index contributed by atoms with van der Waals surface area (Å²) in [7, 11) is 1.87. The van der Waals surface area contributed by atoms with E-state index >= 15 is 0 Å². The second-order valence-corrected chi connectivity index (χ2v) is 5.83. The number of rotatable bonds is 6. The van der Waals surface area contributed by atoms with E-state index in [0.717, 1.165) is 45.4 Å². The fourth-order valence-corrected chi connectivity index (χ4v) is 2.82. The van der Waals surface area contributed by atoms with Gasteiger partial charge in [-0.25, -0.2) is 0 Å². The number of hydrogen-bond donors (Lipinski definition) is 1. The van der Waals surface area contributed by atoms with Gasteiger partial charge in [-0.2, -0.15) is 0 Å². The van der Waals surface area contributed by atoms with Gasteiger partial charge in [0.15, 0.2) is 0 Å². The van der Waals surface area contributed by atoms with E-state index in [1.54, 1.807) is 4.90 Å². The number of nitrogens with zero attached hydrogens (tertiary/aromatic N) is 1. The Morgan fingerprint density at radius 1 is 1.30 bits per heavy atom. The molecule has 0 bridgehead atoms. The van der Waals surface area contributed by atoms with Gasteiger partial charge in [0.25, 0.3) is 0 Å². The Balaban J connectivity index is 1.58. The molecule has 1 amide bonds. The van der Waals surface area contributed by atoms with E-state index < -0.39 is 0 Å². The van der Waals surface area contributed by atoms with Crippen LogP contribution in [0.3, 0.4) is 0 Å². The molecular formula is C15H28N2O3. The van der Waals surface area contributed by atoms with Gasteiger partial charge in [-0.05, 0) is 45.2 Å². The molecule has 0 aromatic carbocycles. The average Bonchev–Trinajstić information content (AvgIpc) is 2.49. The first-order chi connectivity index (χ1) is 9.75. The van der Waals surface area contributed by atoms with Gasteiger partial charge in [0, 0.05) is 20.2 Å². The number of carbonyl (C=O) groups excluding carboxylic acids is 1. The van der Waals surface area contributed by atoms with Crippen LogP contribution in [0.5, 0.6) is 0 Å². The third kappa shape index (κ3) is 5.38. The van der Waals surface area contributed by atoms with Crippen molar-refractivity contribution in [1.29, 1.82) is 0 Å². The van der Waals surface area contributed by atoms with Crippen molar-refractivity contribution in [2.75, 3.05) is 39.9 Å². The fraction of sp³-hybridized carbons (Fsp3) is 0.933. The number of hydrogen-bond acceptors (Lipinski definition) is 4. The summed E-state index contributed by atoms with van der Waals surface area (Å²) in [5.74, 6) is 0.160. The molecule has 1 unspecified atom stereocenters. The molecule has 0 spiro atoms. The second kappa shape index (κ2) is 8.60. The summed E-state index contributed by atoms with van der Waals surface area (Å²) in [4.78, 5) is 13.8. The molecule has 5 heteroatoms. The Hall–Kier alpha value is -0.650. The summed E-state index contributed by atoms with van der Waals surface area (Å²) >= 11 is 0. The quantitative estimate of drug-likeness (QED) is 0.795. The Morgan fingerprint density at radius 3 is 2.80 bits per heavy atom. The lowest BCUT2D eigenvalue weighted by molar-refractivity contribution is -0.134. The molecule has 116 valence electrons. The molecule has 2 aliphatic rings. The molecule has 0 saturated carbocycles. The van der Waals surface area contributed by atoms with Gasteiger partial charge in [0.05, 0.1) is 25.2 Å². The molecule has 0 radical (unpaired) electrons. The summed E-state index contributed by atoms with van der Waals surface area (Å²) in [6.45, 7) is 4.14. The Kier molecular flexibility index (Phi) is 6.76. The molecule has 1 N–H and O–H groups in total. The summed E-state index contributed by atoms with van der Waals surface area (Å²) in [5, 5.41) is 3.31. The van der Waals surface area contributed by atoms with E-state index in [-0.39, 0.29) is 12.0 Å². The third-order valence-electron chi connectivity index (χ3n) is 4.13. The molecule has 2 fully saturated rings. The number of likely N-dealkylation sites (N-methyl/N-ethyl adjacent to an activating group) is 1. The van der Waals surface area contributed by atoms with Crippen LogP contribution < -0.4 is 5.32 Å². The zero-order chi connectivity index (χ0) is 14.2. The first-order valence-corrected chi connectivity index (χ1v) is 7.93. The summed E-state index contributed by atoms with van der Waals surface area (Å²) in [5.41, 5.74) is 0. The van der Waals surface area contributed by atoms with Crippen molar-refractivity contribution in [1.82, 2.24) is 10.2 Å². The maximum atomic E-state index is 12.0. The van der Waals surface area contributed by atoms with Crippen LogP contribution in [0.25, 0.3) is 0 Å². The van der Waals surface area contributed by atoms with Crippen molar-refractivity contribution in [3.05, 3.63) is 0 Å². The van der Waals surface area contributed by atoms with Crippen molar-refractivity contribution in [2.45, 2.75) is 50.7 Å². The number of piperidine rings is 1. The Bertz CT molecular complexity index is 287. The maximum Gasteiger partial charge on any atom is 0.224 e. The van der Waals surface area contributed by atoms with E-state index in [1.165, 1.54) is 6.42 Å².